The van der Waals surface area contributed by atoms with Crippen molar-refractivity contribution in [1.29, 1.82) is 0 Å². The Hall–Kier alpha value is -0.570. The van der Waals surface area contributed by atoms with Gasteiger partial charge in [0.05, 0.1) is 0 Å². The fourth-order valence-electron chi connectivity index (χ4n) is 3.90. The number of rotatable bonds is 2. The maximum absolute atomic E-state index is 12.7. The van der Waals surface area contributed by atoms with Gasteiger partial charge in [0.25, 0.3) is 0 Å². The molecule has 0 aromatic heterocycles. The van der Waals surface area contributed by atoms with E-state index in [1.807, 2.05) is 7.05 Å². The van der Waals surface area contributed by atoms with Crippen LogP contribution in [-0.4, -0.2) is 29.9 Å². The smallest absolute Gasteiger partial charge is 0.225 e. The van der Waals surface area contributed by atoms with Crippen LogP contribution >= 0.6 is 0 Å². The Bertz CT molecular complexity index is 318. The van der Waals surface area contributed by atoms with Crippen molar-refractivity contribution in [3.63, 3.8) is 0 Å². The highest BCUT2D eigenvalue weighted by Crippen LogP contribution is 2.32. The summed E-state index contributed by atoms with van der Waals surface area (Å²) in [5, 5.41) is 0. The van der Waals surface area contributed by atoms with Crippen LogP contribution in [0.25, 0.3) is 0 Å². The number of carbonyl (C=O) groups excluding carboxylic acids is 1. The lowest BCUT2D eigenvalue weighted by molar-refractivity contribution is -0.139. The third-order valence-corrected chi connectivity index (χ3v) is 5.52. The van der Waals surface area contributed by atoms with Gasteiger partial charge in [-0.25, -0.2) is 0 Å². The summed E-state index contributed by atoms with van der Waals surface area (Å²) in [6, 6.07) is 0.664. The number of nitrogens with two attached hydrogens (primary N) is 1. The van der Waals surface area contributed by atoms with E-state index < -0.39 is 0 Å². The van der Waals surface area contributed by atoms with Gasteiger partial charge in [0.15, 0.2) is 0 Å². The molecule has 0 bridgehead atoms. The molecule has 5 atom stereocenters. The van der Waals surface area contributed by atoms with E-state index in [0.717, 1.165) is 19.3 Å². The Morgan fingerprint density at radius 1 is 1.05 bits per heavy atom. The zero-order valence-corrected chi connectivity index (χ0v) is 12.8. The SMILES string of the molecule is CC1CCC(C(=O)N(C)C2CCCCC2C)CC1N. The predicted octanol–water partition coefficient (Wildman–Crippen LogP) is 2.79. The van der Waals surface area contributed by atoms with E-state index >= 15 is 0 Å². The monoisotopic (exact) mass is 266 g/mol. The average Bonchev–Trinajstić information content (AvgIpc) is 2.41. The molecule has 0 saturated heterocycles. The molecule has 0 heterocycles. The summed E-state index contributed by atoms with van der Waals surface area (Å²) >= 11 is 0. The first-order valence-electron chi connectivity index (χ1n) is 8.03. The summed E-state index contributed by atoms with van der Waals surface area (Å²) in [7, 11) is 2.01. The van der Waals surface area contributed by atoms with Crippen LogP contribution in [0.4, 0.5) is 0 Å². The van der Waals surface area contributed by atoms with E-state index in [9.17, 15) is 4.79 Å². The maximum Gasteiger partial charge on any atom is 0.225 e. The second-order valence-corrected chi connectivity index (χ2v) is 6.93. The first-order chi connectivity index (χ1) is 9.00. The number of amides is 1. The molecule has 5 unspecified atom stereocenters. The standard InChI is InChI=1S/C16H30N2O/c1-11-8-9-13(10-14(11)17)16(19)18(3)15-7-5-4-6-12(15)2/h11-15H,4-10,17H2,1-3H3. The molecule has 1 amide bonds. The molecule has 19 heavy (non-hydrogen) atoms. The van der Waals surface area contributed by atoms with Crippen LogP contribution in [0.1, 0.15) is 58.8 Å². The first kappa shape index (κ1) is 14.8. The highest BCUT2D eigenvalue weighted by Gasteiger charge is 2.35. The lowest BCUT2D eigenvalue weighted by Gasteiger charge is -2.40. The van der Waals surface area contributed by atoms with E-state index in [2.05, 4.69) is 18.7 Å². The molecule has 0 aliphatic heterocycles. The normalized spacial score (nSPS) is 39.9. The van der Waals surface area contributed by atoms with E-state index in [-0.39, 0.29) is 12.0 Å². The van der Waals surface area contributed by atoms with Crippen LogP contribution in [0, 0.1) is 17.8 Å². The van der Waals surface area contributed by atoms with Gasteiger partial charge < -0.3 is 10.6 Å². The summed E-state index contributed by atoms with van der Waals surface area (Å²) in [5.41, 5.74) is 6.14. The highest BCUT2D eigenvalue weighted by atomic mass is 16.2. The van der Waals surface area contributed by atoms with Crippen molar-refractivity contribution in [2.24, 2.45) is 23.5 Å². The van der Waals surface area contributed by atoms with E-state index in [4.69, 9.17) is 5.73 Å². The molecule has 3 heteroatoms. The third kappa shape index (κ3) is 3.31. The quantitative estimate of drug-likeness (QED) is 0.835. The Kier molecular flexibility index (Phi) is 4.88. The summed E-state index contributed by atoms with van der Waals surface area (Å²) in [6.45, 7) is 4.50. The highest BCUT2D eigenvalue weighted by molar-refractivity contribution is 5.79. The van der Waals surface area contributed by atoms with Crippen LogP contribution in [-0.2, 0) is 4.79 Å². The zero-order chi connectivity index (χ0) is 14.0. The molecule has 2 aliphatic carbocycles. The maximum atomic E-state index is 12.7. The van der Waals surface area contributed by atoms with Crippen LogP contribution in [0.15, 0.2) is 0 Å². The second-order valence-electron chi connectivity index (χ2n) is 6.93. The average molecular weight is 266 g/mol. The molecular formula is C16H30N2O. The van der Waals surface area contributed by atoms with Crippen molar-refractivity contribution in [3.8, 4) is 0 Å². The molecule has 2 fully saturated rings. The molecule has 0 spiro atoms. The second kappa shape index (κ2) is 6.25. The van der Waals surface area contributed by atoms with Gasteiger partial charge in [-0.3, -0.25) is 4.79 Å². The van der Waals surface area contributed by atoms with Crippen LogP contribution < -0.4 is 5.73 Å². The minimum absolute atomic E-state index is 0.172. The van der Waals surface area contributed by atoms with Gasteiger partial charge in [-0.15, -0.1) is 0 Å². The van der Waals surface area contributed by atoms with Gasteiger partial charge in [-0.05, 0) is 43.9 Å². The lowest BCUT2D eigenvalue weighted by atomic mass is 9.78. The number of hydrogen-bond acceptors (Lipinski definition) is 2. The molecule has 2 N–H and O–H groups in total. The first-order valence-corrected chi connectivity index (χ1v) is 8.03. The van der Waals surface area contributed by atoms with E-state index in [1.54, 1.807) is 0 Å². The van der Waals surface area contributed by atoms with Crippen LogP contribution in [0.2, 0.25) is 0 Å². The predicted molar refractivity (Wildman–Crippen MR) is 78.7 cm³/mol. The topological polar surface area (TPSA) is 46.3 Å². The Balaban J connectivity index is 1.95. The molecule has 2 saturated carbocycles. The Morgan fingerprint density at radius 3 is 2.37 bits per heavy atom. The largest absolute Gasteiger partial charge is 0.342 e. The van der Waals surface area contributed by atoms with Gasteiger partial charge >= 0.3 is 0 Å². The zero-order valence-electron chi connectivity index (χ0n) is 12.8. The van der Waals surface area contributed by atoms with Crippen molar-refractivity contribution >= 4 is 5.91 Å². The molecule has 0 aromatic rings. The number of nitrogens with zero attached hydrogens (tertiary/aromatic N) is 1. The van der Waals surface area contributed by atoms with Gasteiger partial charge in [0.1, 0.15) is 0 Å². The number of hydrogen-bond donors (Lipinski definition) is 1. The van der Waals surface area contributed by atoms with Gasteiger partial charge in [0, 0.05) is 25.0 Å². The molecule has 3 nitrogen and oxygen atoms in total. The van der Waals surface area contributed by atoms with E-state index in [0.29, 0.717) is 23.8 Å². The summed E-state index contributed by atoms with van der Waals surface area (Å²) in [4.78, 5) is 14.7. The van der Waals surface area contributed by atoms with Crippen LogP contribution in [0.3, 0.4) is 0 Å². The van der Waals surface area contributed by atoms with Gasteiger partial charge in [-0.1, -0.05) is 26.7 Å². The molecule has 2 rings (SSSR count). The van der Waals surface area contributed by atoms with Crippen molar-refractivity contribution in [1.82, 2.24) is 4.90 Å². The third-order valence-electron chi connectivity index (χ3n) is 5.52. The summed E-state index contributed by atoms with van der Waals surface area (Å²) in [6.07, 6.45) is 8.05. The summed E-state index contributed by atoms with van der Waals surface area (Å²) < 4.78 is 0. The Morgan fingerprint density at radius 2 is 1.74 bits per heavy atom. The molecular weight excluding hydrogens is 236 g/mol. The Labute approximate surface area is 117 Å². The fraction of sp³-hybridized carbons (Fsp3) is 0.938. The lowest BCUT2D eigenvalue weighted by Crippen LogP contribution is -2.48. The fourth-order valence-corrected chi connectivity index (χ4v) is 3.90. The molecule has 0 radical (unpaired) electrons. The van der Waals surface area contributed by atoms with E-state index in [1.165, 1.54) is 25.7 Å². The minimum atomic E-state index is 0.172. The van der Waals surface area contributed by atoms with Crippen molar-refractivity contribution in [2.75, 3.05) is 7.05 Å². The molecule has 0 aromatic carbocycles. The van der Waals surface area contributed by atoms with Crippen molar-refractivity contribution < 1.29 is 4.79 Å². The summed E-state index contributed by atoms with van der Waals surface area (Å²) in [5.74, 6) is 1.74. The van der Waals surface area contributed by atoms with Crippen LogP contribution in [0.5, 0.6) is 0 Å². The van der Waals surface area contributed by atoms with Gasteiger partial charge in [0.2, 0.25) is 5.91 Å². The molecule has 2 aliphatic rings. The minimum Gasteiger partial charge on any atom is -0.342 e. The van der Waals surface area contributed by atoms with Crippen molar-refractivity contribution in [3.05, 3.63) is 0 Å². The van der Waals surface area contributed by atoms with Gasteiger partial charge in [-0.2, -0.15) is 0 Å². The number of carbonyl (C=O) groups is 1. The molecule has 110 valence electrons. The van der Waals surface area contributed by atoms with Crippen molar-refractivity contribution in [2.45, 2.75) is 70.9 Å².